The number of amides is 1. The number of hydrogen-bond acceptors (Lipinski definition) is 5. The molecule has 0 saturated carbocycles. The molecule has 4 rings (SSSR count). The molecular weight excluding hydrogens is 456 g/mol. The van der Waals surface area contributed by atoms with Crippen LogP contribution in [0.3, 0.4) is 0 Å². The van der Waals surface area contributed by atoms with E-state index in [1.54, 1.807) is 13.2 Å². The number of thiazole rings is 1. The predicted molar refractivity (Wildman–Crippen MR) is 122 cm³/mol. The van der Waals surface area contributed by atoms with Gasteiger partial charge in [-0.15, -0.1) is 11.3 Å². The second kappa shape index (κ2) is 9.12. The molecule has 7 nitrogen and oxygen atoms in total. The number of nitrogens with zero attached hydrogens (tertiary/aromatic N) is 3. The van der Waals surface area contributed by atoms with E-state index in [4.69, 9.17) is 11.6 Å². The smallest absolute Gasteiger partial charge is 0.274 e. The van der Waals surface area contributed by atoms with Gasteiger partial charge in [0.05, 0.1) is 0 Å². The lowest BCUT2D eigenvalue weighted by Crippen LogP contribution is -2.35. The maximum Gasteiger partial charge on any atom is 0.274 e. The van der Waals surface area contributed by atoms with Crippen LogP contribution in [-0.2, 0) is 23.5 Å². The van der Waals surface area contributed by atoms with Gasteiger partial charge in [-0.2, -0.15) is 4.31 Å². The van der Waals surface area contributed by atoms with Crippen molar-refractivity contribution in [2.45, 2.75) is 30.6 Å². The molecule has 0 spiro atoms. The SMILES string of the molecule is Cn1cc(S(=O)(=O)N2CCCCC2)cc1C(=O)Nc1ncc(Cc2ccccc2Cl)s1. The summed E-state index contributed by atoms with van der Waals surface area (Å²) in [4.78, 5) is 18.2. The van der Waals surface area contributed by atoms with Crippen LogP contribution in [-0.4, -0.2) is 41.3 Å². The molecule has 0 bridgehead atoms. The Morgan fingerprint density at radius 1 is 1.23 bits per heavy atom. The highest BCUT2D eigenvalue weighted by molar-refractivity contribution is 7.89. The highest BCUT2D eigenvalue weighted by Gasteiger charge is 2.28. The number of carbonyl (C=O) groups is 1. The normalized spacial score (nSPS) is 15.2. The van der Waals surface area contributed by atoms with Gasteiger partial charge in [0, 0.05) is 48.9 Å². The van der Waals surface area contributed by atoms with Gasteiger partial charge in [-0.05, 0) is 30.5 Å². The second-order valence-electron chi connectivity index (χ2n) is 7.49. The molecular formula is C21H23ClN4O3S2. The third kappa shape index (κ3) is 4.85. The average molecular weight is 479 g/mol. The number of aryl methyl sites for hydroxylation is 1. The van der Waals surface area contributed by atoms with Crippen LogP contribution < -0.4 is 5.32 Å². The molecule has 10 heteroatoms. The molecule has 1 saturated heterocycles. The van der Waals surface area contributed by atoms with Crippen molar-refractivity contribution in [3.63, 3.8) is 0 Å². The van der Waals surface area contributed by atoms with Gasteiger partial charge in [0.25, 0.3) is 5.91 Å². The molecule has 1 aliphatic rings. The summed E-state index contributed by atoms with van der Waals surface area (Å²) in [7, 11) is -1.94. The zero-order chi connectivity index (χ0) is 22.0. The number of carbonyl (C=O) groups excluding carboxylic acids is 1. The van der Waals surface area contributed by atoms with Gasteiger partial charge >= 0.3 is 0 Å². The van der Waals surface area contributed by atoms with E-state index in [9.17, 15) is 13.2 Å². The largest absolute Gasteiger partial charge is 0.345 e. The van der Waals surface area contributed by atoms with E-state index in [-0.39, 0.29) is 10.6 Å². The van der Waals surface area contributed by atoms with Crippen molar-refractivity contribution in [2.75, 3.05) is 18.4 Å². The Kier molecular flexibility index (Phi) is 6.47. The zero-order valence-corrected chi connectivity index (χ0v) is 19.4. The lowest BCUT2D eigenvalue weighted by molar-refractivity contribution is 0.101. The molecule has 1 aliphatic heterocycles. The first-order chi connectivity index (χ1) is 14.8. The quantitative estimate of drug-likeness (QED) is 0.576. The fourth-order valence-corrected chi connectivity index (χ4v) is 6.22. The number of hydrogen-bond donors (Lipinski definition) is 1. The summed E-state index contributed by atoms with van der Waals surface area (Å²) in [5.41, 5.74) is 1.25. The number of halogens is 1. The van der Waals surface area contributed by atoms with Crippen molar-refractivity contribution in [1.82, 2.24) is 13.9 Å². The molecule has 1 fully saturated rings. The number of piperidine rings is 1. The highest BCUT2D eigenvalue weighted by atomic mass is 35.5. The van der Waals surface area contributed by atoms with Crippen LogP contribution in [0.1, 0.15) is 40.2 Å². The van der Waals surface area contributed by atoms with Gasteiger partial charge in [0.2, 0.25) is 10.0 Å². The lowest BCUT2D eigenvalue weighted by atomic mass is 10.1. The molecule has 31 heavy (non-hydrogen) atoms. The number of benzene rings is 1. The number of anilines is 1. The van der Waals surface area contributed by atoms with Crippen LogP contribution in [0.5, 0.6) is 0 Å². The summed E-state index contributed by atoms with van der Waals surface area (Å²) in [5.74, 6) is -0.402. The van der Waals surface area contributed by atoms with Crippen LogP contribution in [0, 0.1) is 0 Å². The summed E-state index contributed by atoms with van der Waals surface area (Å²) in [6.45, 7) is 1.04. The van der Waals surface area contributed by atoms with E-state index in [2.05, 4.69) is 10.3 Å². The summed E-state index contributed by atoms with van der Waals surface area (Å²) in [6, 6.07) is 9.03. The maximum atomic E-state index is 12.9. The Labute approximate surface area is 190 Å². The molecule has 3 aromatic rings. The molecule has 3 heterocycles. The van der Waals surface area contributed by atoms with Crippen LogP contribution in [0.4, 0.5) is 5.13 Å². The van der Waals surface area contributed by atoms with E-state index >= 15 is 0 Å². The van der Waals surface area contributed by atoms with Gasteiger partial charge in [-0.3, -0.25) is 10.1 Å². The summed E-state index contributed by atoms with van der Waals surface area (Å²) < 4.78 is 28.8. The van der Waals surface area contributed by atoms with Crippen LogP contribution in [0.2, 0.25) is 5.02 Å². The fourth-order valence-electron chi connectivity index (χ4n) is 3.59. The van der Waals surface area contributed by atoms with E-state index in [0.29, 0.717) is 29.7 Å². The fraction of sp³-hybridized carbons (Fsp3) is 0.333. The molecule has 1 aromatic carbocycles. The van der Waals surface area contributed by atoms with Crippen molar-refractivity contribution in [2.24, 2.45) is 7.05 Å². The standard InChI is InChI=1S/C21H23ClN4O3S2/c1-25-14-17(31(28,29)26-9-5-2-6-10-26)12-19(25)20(27)24-21-23-13-16(30-21)11-15-7-3-4-8-18(15)22/h3-4,7-8,12-14H,2,5-6,9-11H2,1H3,(H,23,24,27). The molecule has 1 N–H and O–H groups in total. The van der Waals surface area contributed by atoms with E-state index in [0.717, 1.165) is 29.7 Å². The topological polar surface area (TPSA) is 84.3 Å². The lowest BCUT2D eigenvalue weighted by Gasteiger charge is -2.25. The van der Waals surface area contributed by atoms with Crippen molar-refractivity contribution in [1.29, 1.82) is 0 Å². The highest BCUT2D eigenvalue weighted by Crippen LogP contribution is 2.26. The molecule has 0 radical (unpaired) electrons. The molecule has 0 aliphatic carbocycles. The minimum absolute atomic E-state index is 0.139. The first-order valence-corrected chi connectivity index (χ1v) is 12.6. The van der Waals surface area contributed by atoms with Gasteiger partial charge in [-0.25, -0.2) is 13.4 Å². The van der Waals surface area contributed by atoms with Crippen molar-refractivity contribution < 1.29 is 13.2 Å². The monoisotopic (exact) mass is 478 g/mol. The predicted octanol–water partition coefficient (Wildman–Crippen LogP) is 4.15. The van der Waals surface area contributed by atoms with Crippen molar-refractivity contribution >= 4 is 44.0 Å². The number of sulfonamides is 1. The van der Waals surface area contributed by atoms with Gasteiger partial charge in [0.15, 0.2) is 5.13 Å². The van der Waals surface area contributed by atoms with Gasteiger partial charge in [0.1, 0.15) is 10.6 Å². The first kappa shape index (κ1) is 22.0. The third-order valence-electron chi connectivity index (χ3n) is 5.26. The minimum atomic E-state index is -3.60. The third-order valence-corrected chi connectivity index (χ3v) is 8.41. The van der Waals surface area contributed by atoms with Crippen LogP contribution >= 0.6 is 22.9 Å². The number of rotatable bonds is 6. The van der Waals surface area contributed by atoms with E-state index in [1.165, 1.54) is 32.5 Å². The Balaban J connectivity index is 1.47. The number of aromatic nitrogens is 2. The molecule has 164 valence electrons. The Hall–Kier alpha value is -2.20. The van der Waals surface area contributed by atoms with Crippen LogP contribution in [0.25, 0.3) is 0 Å². The molecule has 1 amide bonds. The van der Waals surface area contributed by atoms with Crippen LogP contribution in [0.15, 0.2) is 47.6 Å². The maximum absolute atomic E-state index is 12.9. The van der Waals surface area contributed by atoms with Crippen molar-refractivity contribution in [3.8, 4) is 0 Å². The van der Waals surface area contributed by atoms with Gasteiger partial charge in [-0.1, -0.05) is 36.2 Å². The first-order valence-electron chi connectivity index (χ1n) is 10.0. The minimum Gasteiger partial charge on any atom is -0.345 e. The Morgan fingerprint density at radius 2 is 1.97 bits per heavy atom. The summed E-state index contributed by atoms with van der Waals surface area (Å²) in [6.07, 6.45) is 6.58. The molecule has 0 unspecified atom stereocenters. The Bertz CT molecular complexity index is 1200. The summed E-state index contributed by atoms with van der Waals surface area (Å²) >= 11 is 7.58. The molecule has 2 aromatic heterocycles. The van der Waals surface area contributed by atoms with Gasteiger partial charge < -0.3 is 4.57 Å². The summed E-state index contributed by atoms with van der Waals surface area (Å²) in [5, 5.41) is 3.91. The number of nitrogens with one attached hydrogen (secondary N) is 1. The van der Waals surface area contributed by atoms with Crippen molar-refractivity contribution in [3.05, 3.63) is 63.9 Å². The van der Waals surface area contributed by atoms with E-state index in [1.807, 2.05) is 24.3 Å². The average Bonchev–Trinajstić information content (AvgIpc) is 3.37. The zero-order valence-electron chi connectivity index (χ0n) is 17.0. The Morgan fingerprint density at radius 3 is 2.71 bits per heavy atom. The second-order valence-corrected chi connectivity index (χ2v) is 11.0. The molecule has 0 atom stereocenters. The van der Waals surface area contributed by atoms with E-state index < -0.39 is 15.9 Å².